The second-order valence-corrected chi connectivity index (χ2v) is 7.87. The highest BCUT2D eigenvalue weighted by atomic mass is 16.5. The van der Waals surface area contributed by atoms with E-state index in [0.29, 0.717) is 19.8 Å². The number of carbonyl (C=O) groups is 2. The predicted octanol–water partition coefficient (Wildman–Crippen LogP) is 2.54. The van der Waals surface area contributed by atoms with Crippen molar-refractivity contribution in [1.29, 1.82) is 0 Å². The van der Waals surface area contributed by atoms with Crippen molar-refractivity contribution in [3.63, 3.8) is 0 Å². The lowest BCUT2D eigenvalue weighted by molar-refractivity contribution is -0.149. The lowest BCUT2D eigenvalue weighted by atomic mass is 9.97. The Kier molecular flexibility index (Phi) is 8.70. The number of rotatable bonds is 7. The number of ether oxygens (including phenoxy) is 2. The summed E-state index contributed by atoms with van der Waals surface area (Å²) in [5, 5.41) is 6.29. The average molecular weight is 431 g/mol. The molecule has 2 saturated heterocycles. The van der Waals surface area contributed by atoms with Gasteiger partial charge in [-0.25, -0.2) is 4.99 Å². The molecule has 170 valence electrons. The zero-order valence-corrected chi connectivity index (χ0v) is 18.6. The summed E-state index contributed by atoms with van der Waals surface area (Å²) in [6, 6.07) is 7.76. The van der Waals surface area contributed by atoms with E-state index in [1.807, 2.05) is 38.1 Å². The number of nitrogens with zero attached hydrogens (tertiary/aromatic N) is 2. The quantitative estimate of drug-likeness (QED) is 0.392. The van der Waals surface area contributed by atoms with E-state index in [0.717, 1.165) is 62.5 Å². The Morgan fingerprint density at radius 1 is 1.23 bits per heavy atom. The Labute approximate surface area is 184 Å². The van der Waals surface area contributed by atoms with Crippen molar-refractivity contribution < 1.29 is 19.1 Å². The topological polar surface area (TPSA) is 92.3 Å². The van der Waals surface area contributed by atoms with Gasteiger partial charge in [0.15, 0.2) is 5.96 Å². The Morgan fingerprint density at radius 2 is 2.03 bits per heavy atom. The molecule has 1 aromatic rings. The predicted molar refractivity (Wildman–Crippen MR) is 120 cm³/mol. The highest BCUT2D eigenvalue weighted by Gasteiger charge is 2.27. The van der Waals surface area contributed by atoms with Crippen LogP contribution >= 0.6 is 0 Å². The summed E-state index contributed by atoms with van der Waals surface area (Å²) in [5.74, 6) is 0.642. The van der Waals surface area contributed by atoms with E-state index in [1.54, 1.807) is 0 Å². The van der Waals surface area contributed by atoms with Crippen molar-refractivity contribution in [3.8, 4) is 0 Å². The number of aliphatic imine (C=N–C) groups is 1. The van der Waals surface area contributed by atoms with Crippen molar-refractivity contribution in [1.82, 2.24) is 10.2 Å². The van der Waals surface area contributed by atoms with Gasteiger partial charge in [0.2, 0.25) is 0 Å². The van der Waals surface area contributed by atoms with Crippen molar-refractivity contribution in [2.75, 3.05) is 38.2 Å². The molecule has 2 aliphatic heterocycles. The minimum atomic E-state index is -0.348. The number of likely N-dealkylation sites (tertiary alicyclic amines) is 1. The number of guanidine groups is 1. The number of piperidine rings is 1. The number of hydrogen-bond donors (Lipinski definition) is 2. The van der Waals surface area contributed by atoms with Crippen molar-refractivity contribution >= 4 is 23.5 Å². The van der Waals surface area contributed by atoms with E-state index in [9.17, 15) is 9.59 Å². The average Bonchev–Trinajstić information content (AvgIpc) is 3.32. The monoisotopic (exact) mass is 430 g/mol. The zero-order chi connectivity index (χ0) is 22.1. The number of nitrogens with one attached hydrogen (secondary N) is 2. The number of carbonyl (C=O) groups excluding carboxylic acids is 2. The van der Waals surface area contributed by atoms with Gasteiger partial charge in [0.05, 0.1) is 19.1 Å². The minimum absolute atomic E-state index is 0.0248. The molecular formula is C23H34N4O4. The molecule has 1 aromatic carbocycles. The van der Waals surface area contributed by atoms with Gasteiger partial charge in [0, 0.05) is 31.9 Å². The third-order valence-electron chi connectivity index (χ3n) is 5.58. The molecule has 8 nitrogen and oxygen atoms in total. The molecule has 0 aromatic heterocycles. The molecule has 2 heterocycles. The minimum Gasteiger partial charge on any atom is -0.466 e. The van der Waals surface area contributed by atoms with E-state index in [1.165, 1.54) is 0 Å². The first-order valence-corrected chi connectivity index (χ1v) is 11.3. The summed E-state index contributed by atoms with van der Waals surface area (Å²) in [7, 11) is 0. The molecule has 1 amide bonds. The van der Waals surface area contributed by atoms with Crippen LogP contribution in [0.25, 0.3) is 0 Å². The summed E-state index contributed by atoms with van der Waals surface area (Å²) in [5.41, 5.74) is 1.77. The largest absolute Gasteiger partial charge is 0.466 e. The highest BCUT2D eigenvalue weighted by molar-refractivity contribution is 5.94. The number of amides is 1. The second kappa shape index (κ2) is 11.7. The van der Waals surface area contributed by atoms with Crippen LogP contribution < -0.4 is 10.6 Å². The lowest BCUT2D eigenvalue weighted by Crippen LogP contribution is -2.46. The molecule has 2 fully saturated rings. The molecule has 0 radical (unpaired) electrons. The van der Waals surface area contributed by atoms with Crippen LogP contribution in [0.3, 0.4) is 0 Å². The molecule has 31 heavy (non-hydrogen) atoms. The number of anilines is 1. The summed E-state index contributed by atoms with van der Waals surface area (Å²) in [4.78, 5) is 31.3. The third-order valence-corrected chi connectivity index (χ3v) is 5.58. The Balaban J connectivity index is 1.58. The van der Waals surface area contributed by atoms with Crippen LogP contribution in [0.5, 0.6) is 0 Å². The first-order chi connectivity index (χ1) is 15.1. The number of hydrogen-bond acceptors (Lipinski definition) is 5. The molecule has 0 saturated carbocycles. The Bertz CT molecular complexity index is 769. The molecule has 3 rings (SSSR count). The summed E-state index contributed by atoms with van der Waals surface area (Å²) in [6.45, 7) is 7.78. The van der Waals surface area contributed by atoms with Gasteiger partial charge in [-0.2, -0.15) is 0 Å². The fourth-order valence-electron chi connectivity index (χ4n) is 3.93. The van der Waals surface area contributed by atoms with Crippen LogP contribution in [0.2, 0.25) is 0 Å². The van der Waals surface area contributed by atoms with Gasteiger partial charge in [-0.1, -0.05) is 12.1 Å². The fourth-order valence-corrected chi connectivity index (χ4v) is 3.93. The van der Waals surface area contributed by atoms with Crippen molar-refractivity contribution in [3.05, 3.63) is 29.8 Å². The maximum absolute atomic E-state index is 12.3. The van der Waals surface area contributed by atoms with Crippen LogP contribution in [0.4, 0.5) is 5.69 Å². The van der Waals surface area contributed by atoms with Crippen LogP contribution in [-0.2, 0) is 25.6 Å². The Hall–Kier alpha value is -2.61. The molecule has 2 N–H and O–H groups in total. The van der Waals surface area contributed by atoms with E-state index in [-0.39, 0.29) is 23.9 Å². The third kappa shape index (κ3) is 6.69. The SMILES string of the molecule is CCNC(=NCc1cccc(NC(=O)C2CCCO2)c1)N1CCC(C(=O)OCC)CC1. The second-order valence-electron chi connectivity index (χ2n) is 7.87. The zero-order valence-electron chi connectivity index (χ0n) is 18.6. The van der Waals surface area contributed by atoms with Gasteiger partial charge in [0.25, 0.3) is 5.91 Å². The molecular weight excluding hydrogens is 396 g/mol. The van der Waals surface area contributed by atoms with E-state index in [4.69, 9.17) is 14.5 Å². The molecule has 0 bridgehead atoms. The smallest absolute Gasteiger partial charge is 0.309 e. The van der Waals surface area contributed by atoms with Crippen LogP contribution in [-0.4, -0.2) is 61.7 Å². The molecule has 0 aliphatic carbocycles. The standard InChI is InChI=1S/C23H34N4O4/c1-3-24-23(27-12-10-18(11-13-27)22(29)30-4-2)25-16-17-7-5-8-19(15-17)26-21(28)20-9-6-14-31-20/h5,7-8,15,18,20H,3-4,6,9-14,16H2,1-2H3,(H,24,25)(H,26,28). The van der Waals surface area contributed by atoms with Gasteiger partial charge in [-0.15, -0.1) is 0 Å². The summed E-state index contributed by atoms with van der Waals surface area (Å²) >= 11 is 0. The molecule has 1 atom stereocenters. The molecule has 0 spiro atoms. The lowest BCUT2D eigenvalue weighted by Gasteiger charge is -2.33. The van der Waals surface area contributed by atoms with E-state index in [2.05, 4.69) is 15.5 Å². The van der Waals surface area contributed by atoms with Crippen LogP contribution in [0, 0.1) is 5.92 Å². The maximum Gasteiger partial charge on any atom is 0.309 e. The Morgan fingerprint density at radius 3 is 2.71 bits per heavy atom. The van der Waals surface area contributed by atoms with Gasteiger partial charge < -0.3 is 25.0 Å². The number of benzene rings is 1. The van der Waals surface area contributed by atoms with E-state index >= 15 is 0 Å². The summed E-state index contributed by atoms with van der Waals surface area (Å²) in [6.07, 6.45) is 2.90. The first-order valence-electron chi connectivity index (χ1n) is 11.3. The van der Waals surface area contributed by atoms with Gasteiger partial charge in [-0.3, -0.25) is 9.59 Å². The maximum atomic E-state index is 12.3. The van der Waals surface area contributed by atoms with E-state index < -0.39 is 0 Å². The highest BCUT2D eigenvalue weighted by Crippen LogP contribution is 2.20. The van der Waals surface area contributed by atoms with Gasteiger partial charge in [-0.05, 0) is 57.2 Å². The van der Waals surface area contributed by atoms with Crippen LogP contribution in [0.15, 0.2) is 29.3 Å². The van der Waals surface area contributed by atoms with Gasteiger partial charge >= 0.3 is 5.97 Å². The molecule has 1 unspecified atom stereocenters. The molecule has 2 aliphatic rings. The van der Waals surface area contributed by atoms with Gasteiger partial charge in [0.1, 0.15) is 6.10 Å². The van der Waals surface area contributed by atoms with Crippen LogP contribution in [0.1, 0.15) is 45.1 Å². The summed E-state index contributed by atoms with van der Waals surface area (Å²) < 4.78 is 10.6. The number of esters is 1. The first kappa shape index (κ1) is 23.1. The fraction of sp³-hybridized carbons (Fsp3) is 0.609. The van der Waals surface area contributed by atoms with Crippen molar-refractivity contribution in [2.24, 2.45) is 10.9 Å². The van der Waals surface area contributed by atoms with Crippen molar-refractivity contribution in [2.45, 2.75) is 52.2 Å². The normalized spacial score (nSPS) is 19.9. The molecule has 8 heteroatoms.